The number of ether oxygens (including phenoxy) is 1. The van der Waals surface area contributed by atoms with Crippen molar-refractivity contribution in [3.8, 4) is 5.75 Å². The van der Waals surface area contributed by atoms with E-state index in [2.05, 4.69) is 10.6 Å². The third-order valence-corrected chi connectivity index (χ3v) is 5.82. The van der Waals surface area contributed by atoms with E-state index >= 15 is 0 Å². The lowest BCUT2D eigenvalue weighted by atomic mass is 10.1. The molecule has 3 aromatic carbocycles. The van der Waals surface area contributed by atoms with Gasteiger partial charge in [-0.25, -0.2) is 0 Å². The first-order valence-corrected chi connectivity index (χ1v) is 11.2. The summed E-state index contributed by atoms with van der Waals surface area (Å²) < 4.78 is 5.22. The highest BCUT2D eigenvalue weighted by atomic mass is 16.5. The maximum Gasteiger partial charge on any atom is 0.253 e. The van der Waals surface area contributed by atoms with Crippen LogP contribution in [0.2, 0.25) is 0 Å². The summed E-state index contributed by atoms with van der Waals surface area (Å²) in [7, 11) is 1.59. The highest BCUT2D eigenvalue weighted by Gasteiger charge is 2.34. The van der Waals surface area contributed by atoms with Crippen molar-refractivity contribution in [3.63, 3.8) is 0 Å². The van der Waals surface area contributed by atoms with E-state index in [0.717, 1.165) is 11.1 Å². The lowest BCUT2D eigenvalue weighted by Crippen LogP contribution is -2.29. The minimum atomic E-state index is -0.468. The van der Waals surface area contributed by atoms with Gasteiger partial charge in [0.1, 0.15) is 5.75 Å². The molecule has 7 heteroatoms. The van der Waals surface area contributed by atoms with Crippen LogP contribution in [-0.4, -0.2) is 36.3 Å². The van der Waals surface area contributed by atoms with Crippen LogP contribution < -0.4 is 15.4 Å². The van der Waals surface area contributed by atoms with E-state index in [1.54, 1.807) is 36.3 Å². The van der Waals surface area contributed by atoms with Crippen molar-refractivity contribution in [2.75, 3.05) is 19.0 Å². The second-order valence-corrected chi connectivity index (χ2v) is 8.23. The quantitative estimate of drug-likeness (QED) is 0.541. The van der Waals surface area contributed by atoms with Gasteiger partial charge in [-0.1, -0.05) is 54.6 Å². The molecule has 0 aliphatic carbocycles. The molecule has 0 spiro atoms. The number of anilines is 1. The number of rotatable bonds is 8. The summed E-state index contributed by atoms with van der Waals surface area (Å²) in [6.45, 7) is 1.15. The molecule has 7 nitrogen and oxygen atoms in total. The summed E-state index contributed by atoms with van der Waals surface area (Å²) in [6, 6.07) is 24.0. The molecular formula is C27H27N3O4. The Kier molecular flexibility index (Phi) is 7.22. The Morgan fingerprint density at radius 2 is 1.71 bits per heavy atom. The van der Waals surface area contributed by atoms with E-state index in [1.807, 2.05) is 54.6 Å². The molecule has 4 rings (SSSR count). The van der Waals surface area contributed by atoms with Crippen molar-refractivity contribution >= 4 is 23.4 Å². The number of nitrogens with one attached hydrogen (secondary N) is 2. The van der Waals surface area contributed by atoms with Gasteiger partial charge < -0.3 is 20.3 Å². The van der Waals surface area contributed by atoms with E-state index in [4.69, 9.17) is 4.74 Å². The number of hydrogen-bond acceptors (Lipinski definition) is 4. The van der Waals surface area contributed by atoms with Crippen molar-refractivity contribution in [2.45, 2.75) is 19.5 Å². The molecule has 2 N–H and O–H groups in total. The molecule has 0 saturated carbocycles. The second-order valence-electron chi connectivity index (χ2n) is 8.23. The van der Waals surface area contributed by atoms with Gasteiger partial charge in [0, 0.05) is 26.1 Å². The molecule has 1 atom stereocenters. The van der Waals surface area contributed by atoms with Crippen LogP contribution in [-0.2, 0) is 22.7 Å². The highest BCUT2D eigenvalue weighted by Crippen LogP contribution is 2.23. The first-order valence-electron chi connectivity index (χ1n) is 11.2. The largest absolute Gasteiger partial charge is 0.497 e. The molecule has 34 heavy (non-hydrogen) atoms. The number of para-hydroxylation sites is 1. The fraction of sp³-hybridized carbons (Fsp3) is 0.222. The summed E-state index contributed by atoms with van der Waals surface area (Å²) in [5, 5.41) is 5.74. The van der Waals surface area contributed by atoms with Crippen LogP contribution in [0.25, 0.3) is 0 Å². The molecule has 0 bridgehead atoms. The number of amides is 3. The third-order valence-electron chi connectivity index (χ3n) is 5.82. The summed E-state index contributed by atoms with van der Waals surface area (Å²) in [5.74, 6) is -0.367. The number of nitrogens with zero attached hydrogens (tertiary/aromatic N) is 1. The Bertz CT molecular complexity index is 1180. The van der Waals surface area contributed by atoms with Crippen molar-refractivity contribution < 1.29 is 19.1 Å². The Morgan fingerprint density at radius 1 is 0.971 bits per heavy atom. The number of methoxy groups -OCH3 is 1. The number of carbonyl (C=O) groups excluding carboxylic acids is 3. The maximum absolute atomic E-state index is 12.9. The SMILES string of the molecule is COc1cccc(CNC(=O)c2ccccc2NC(=O)[C@@H]2CC(=O)N(Cc3ccccc3)C2)c1. The monoisotopic (exact) mass is 457 g/mol. The highest BCUT2D eigenvalue weighted by molar-refractivity contribution is 6.05. The fourth-order valence-corrected chi connectivity index (χ4v) is 3.99. The van der Waals surface area contributed by atoms with Gasteiger partial charge in [-0.2, -0.15) is 0 Å². The predicted molar refractivity (Wildman–Crippen MR) is 129 cm³/mol. The zero-order valence-corrected chi connectivity index (χ0v) is 19.0. The van der Waals surface area contributed by atoms with Gasteiger partial charge in [-0.15, -0.1) is 0 Å². The zero-order valence-electron chi connectivity index (χ0n) is 19.0. The predicted octanol–water partition coefficient (Wildman–Crippen LogP) is 3.61. The molecule has 1 saturated heterocycles. The fourth-order valence-electron chi connectivity index (χ4n) is 3.99. The minimum Gasteiger partial charge on any atom is -0.497 e. The van der Waals surface area contributed by atoms with Crippen LogP contribution in [0.5, 0.6) is 5.75 Å². The van der Waals surface area contributed by atoms with Crippen molar-refractivity contribution in [2.24, 2.45) is 5.92 Å². The van der Waals surface area contributed by atoms with Crippen molar-refractivity contribution in [1.29, 1.82) is 0 Å². The molecule has 0 unspecified atom stereocenters. The van der Waals surface area contributed by atoms with Gasteiger partial charge in [-0.3, -0.25) is 14.4 Å². The van der Waals surface area contributed by atoms with Crippen LogP contribution in [0.15, 0.2) is 78.9 Å². The van der Waals surface area contributed by atoms with Gasteiger partial charge in [0.2, 0.25) is 11.8 Å². The van der Waals surface area contributed by atoms with Crippen molar-refractivity contribution in [1.82, 2.24) is 10.2 Å². The van der Waals surface area contributed by atoms with Crippen LogP contribution in [0.3, 0.4) is 0 Å². The molecule has 1 fully saturated rings. The summed E-state index contributed by atoms with van der Waals surface area (Å²) in [6.07, 6.45) is 0.156. The van der Waals surface area contributed by atoms with Crippen LogP contribution in [0.4, 0.5) is 5.69 Å². The maximum atomic E-state index is 12.9. The third kappa shape index (κ3) is 5.61. The first kappa shape index (κ1) is 23.0. The molecule has 1 heterocycles. The Morgan fingerprint density at radius 3 is 2.50 bits per heavy atom. The smallest absolute Gasteiger partial charge is 0.253 e. The van der Waals surface area contributed by atoms with E-state index in [-0.39, 0.29) is 24.1 Å². The van der Waals surface area contributed by atoms with Crippen LogP contribution in [0.1, 0.15) is 27.9 Å². The van der Waals surface area contributed by atoms with Gasteiger partial charge >= 0.3 is 0 Å². The molecule has 0 radical (unpaired) electrons. The minimum absolute atomic E-state index is 0.0479. The Labute approximate surface area is 198 Å². The van der Waals surface area contributed by atoms with E-state index in [1.165, 1.54) is 0 Å². The molecule has 3 aromatic rings. The second kappa shape index (κ2) is 10.7. The van der Waals surface area contributed by atoms with Crippen LogP contribution >= 0.6 is 0 Å². The normalized spacial score (nSPS) is 15.1. The molecule has 3 amide bonds. The molecular weight excluding hydrogens is 430 g/mol. The number of hydrogen-bond donors (Lipinski definition) is 2. The molecule has 0 aromatic heterocycles. The molecule has 174 valence electrons. The standard InChI is InChI=1S/C27H27N3O4/c1-34-22-11-7-10-20(14-22)16-28-27(33)23-12-5-6-13-24(23)29-26(32)21-15-25(31)30(18-21)17-19-8-3-2-4-9-19/h2-14,21H,15-18H2,1H3,(H,28,33)(H,29,32)/t21-/m1/s1. The van der Waals surface area contributed by atoms with Gasteiger partial charge in [-0.05, 0) is 35.4 Å². The molecule has 1 aliphatic heterocycles. The van der Waals surface area contributed by atoms with Crippen LogP contribution in [0, 0.1) is 5.92 Å². The average molecular weight is 458 g/mol. The Hall–Kier alpha value is -4.13. The van der Waals surface area contributed by atoms with Gasteiger partial charge in [0.05, 0.1) is 24.3 Å². The van der Waals surface area contributed by atoms with E-state index < -0.39 is 5.92 Å². The number of benzene rings is 3. The van der Waals surface area contributed by atoms with Gasteiger partial charge in [0.25, 0.3) is 5.91 Å². The van der Waals surface area contributed by atoms with Gasteiger partial charge in [0.15, 0.2) is 0 Å². The summed E-state index contributed by atoms with van der Waals surface area (Å²) in [5.41, 5.74) is 2.71. The van der Waals surface area contributed by atoms with E-state index in [9.17, 15) is 14.4 Å². The summed E-state index contributed by atoms with van der Waals surface area (Å²) >= 11 is 0. The number of carbonyl (C=O) groups is 3. The average Bonchev–Trinajstić information content (AvgIpc) is 3.23. The summed E-state index contributed by atoms with van der Waals surface area (Å²) in [4.78, 5) is 40.0. The number of likely N-dealkylation sites (tertiary alicyclic amines) is 1. The molecule has 1 aliphatic rings. The van der Waals surface area contributed by atoms with E-state index in [0.29, 0.717) is 36.6 Å². The first-order chi connectivity index (χ1) is 16.5. The topological polar surface area (TPSA) is 87.7 Å². The Balaban J connectivity index is 1.38. The lowest BCUT2D eigenvalue weighted by Gasteiger charge is -2.17. The lowest BCUT2D eigenvalue weighted by molar-refractivity contribution is -0.128. The van der Waals surface area contributed by atoms with Crippen molar-refractivity contribution in [3.05, 3.63) is 95.6 Å². The zero-order chi connectivity index (χ0) is 23.9.